The molecule has 23 heavy (non-hydrogen) atoms. The van der Waals surface area contributed by atoms with Crippen molar-refractivity contribution in [3.8, 4) is 5.75 Å². The molecule has 2 amide bonds. The number of carboxylic acids is 1. The summed E-state index contributed by atoms with van der Waals surface area (Å²) in [6, 6.07) is 5.46. The van der Waals surface area contributed by atoms with Gasteiger partial charge in [-0.1, -0.05) is 13.8 Å². The van der Waals surface area contributed by atoms with Gasteiger partial charge in [-0.05, 0) is 36.6 Å². The predicted octanol–water partition coefficient (Wildman–Crippen LogP) is 1.04. The van der Waals surface area contributed by atoms with Crippen LogP contribution in [0.5, 0.6) is 5.75 Å². The van der Waals surface area contributed by atoms with Crippen molar-refractivity contribution in [3.05, 3.63) is 29.8 Å². The molecule has 0 heterocycles. The second kappa shape index (κ2) is 8.77. The van der Waals surface area contributed by atoms with Crippen LogP contribution in [-0.2, 0) is 9.59 Å². The lowest BCUT2D eigenvalue weighted by molar-refractivity contribution is -0.142. The van der Waals surface area contributed by atoms with Crippen LogP contribution in [-0.4, -0.2) is 42.6 Å². The van der Waals surface area contributed by atoms with Crippen molar-refractivity contribution in [2.24, 2.45) is 5.92 Å². The van der Waals surface area contributed by atoms with Crippen LogP contribution in [0, 0.1) is 5.92 Å². The Kier molecular flexibility index (Phi) is 7.05. The van der Waals surface area contributed by atoms with Crippen molar-refractivity contribution in [1.82, 2.24) is 10.6 Å². The van der Waals surface area contributed by atoms with Crippen LogP contribution in [0.2, 0.25) is 0 Å². The molecule has 3 N–H and O–H groups in total. The highest BCUT2D eigenvalue weighted by molar-refractivity contribution is 5.96. The molecule has 1 aromatic carbocycles. The van der Waals surface area contributed by atoms with Crippen molar-refractivity contribution in [3.63, 3.8) is 0 Å². The van der Waals surface area contributed by atoms with Gasteiger partial charge in [0, 0.05) is 5.56 Å². The lowest BCUT2D eigenvalue weighted by Gasteiger charge is -2.16. The minimum Gasteiger partial charge on any atom is -0.497 e. The molecule has 1 rings (SSSR count). The molecule has 1 aromatic rings. The monoisotopic (exact) mass is 322 g/mol. The fourth-order valence-corrected chi connectivity index (χ4v) is 1.94. The van der Waals surface area contributed by atoms with E-state index >= 15 is 0 Å². The predicted molar refractivity (Wildman–Crippen MR) is 84.3 cm³/mol. The van der Waals surface area contributed by atoms with Gasteiger partial charge in [0.25, 0.3) is 5.91 Å². The molecule has 7 nitrogen and oxygen atoms in total. The number of benzene rings is 1. The number of rotatable bonds is 8. The van der Waals surface area contributed by atoms with Crippen molar-refractivity contribution >= 4 is 17.8 Å². The number of methoxy groups -OCH3 is 1. The minimum atomic E-state index is -1.09. The Morgan fingerprint density at radius 1 is 1.17 bits per heavy atom. The standard InChI is InChI=1S/C16H22N2O5/c1-10(2)8-13(16(21)22)18-14(19)9-17-15(20)11-4-6-12(23-3)7-5-11/h4-7,10,13H,8-9H2,1-3H3,(H,17,20)(H,18,19)(H,21,22)/t13-/m0/s1. The highest BCUT2D eigenvalue weighted by Gasteiger charge is 2.21. The number of aliphatic carboxylic acids is 1. The Morgan fingerprint density at radius 3 is 2.26 bits per heavy atom. The van der Waals surface area contributed by atoms with Crippen LogP contribution in [0.4, 0.5) is 0 Å². The molecule has 0 aliphatic carbocycles. The van der Waals surface area contributed by atoms with Gasteiger partial charge in [0.2, 0.25) is 5.91 Å². The molecular formula is C16H22N2O5. The third-order valence-corrected chi connectivity index (χ3v) is 3.10. The van der Waals surface area contributed by atoms with E-state index in [2.05, 4.69) is 10.6 Å². The normalized spacial score (nSPS) is 11.7. The average molecular weight is 322 g/mol. The van der Waals surface area contributed by atoms with Crippen LogP contribution in [0.25, 0.3) is 0 Å². The molecule has 7 heteroatoms. The first kappa shape index (κ1) is 18.5. The number of carbonyl (C=O) groups excluding carboxylic acids is 2. The van der Waals surface area contributed by atoms with E-state index in [1.54, 1.807) is 24.3 Å². The van der Waals surface area contributed by atoms with Gasteiger partial charge in [-0.15, -0.1) is 0 Å². The third kappa shape index (κ3) is 6.37. The van der Waals surface area contributed by atoms with Crippen molar-refractivity contribution in [2.45, 2.75) is 26.3 Å². The number of carbonyl (C=O) groups is 3. The van der Waals surface area contributed by atoms with E-state index in [4.69, 9.17) is 9.84 Å². The fourth-order valence-electron chi connectivity index (χ4n) is 1.94. The lowest BCUT2D eigenvalue weighted by Crippen LogP contribution is -2.46. The molecule has 0 saturated heterocycles. The van der Waals surface area contributed by atoms with Crippen molar-refractivity contribution in [2.75, 3.05) is 13.7 Å². The van der Waals surface area contributed by atoms with Gasteiger partial charge < -0.3 is 20.5 Å². The molecular weight excluding hydrogens is 300 g/mol. The van der Waals surface area contributed by atoms with Crippen LogP contribution in [0.15, 0.2) is 24.3 Å². The third-order valence-electron chi connectivity index (χ3n) is 3.10. The van der Waals surface area contributed by atoms with Gasteiger partial charge in [-0.25, -0.2) is 4.79 Å². The Bertz CT molecular complexity index is 554. The van der Waals surface area contributed by atoms with E-state index in [-0.39, 0.29) is 12.5 Å². The first-order valence-corrected chi connectivity index (χ1v) is 7.28. The molecule has 1 atom stereocenters. The van der Waals surface area contributed by atoms with E-state index < -0.39 is 23.8 Å². The van der Waals surface area contributed by atoms with E-state index in [0.717, 1.165) is 0 Å². The Morgan fingerprint density at radius 2 is 1.78 bits per heavy atom. The Hall–Kier alpha value is -2.57. The summed E-state index contributed by atoms with van der Waals surface area (Å²) >= 11 is 0. The topological polar surface area (TPSA) is 105 Å². The van der Waals surface area contributed by atoms with E-state index in [1.165, 1.54) is 7.11 Å². The van der Waals surface area contributed by atoms with Gasteiger partial charge in [-0.2, -0.15) is 0 Å². The second-order valence-corrected chi connectivity index (χ2v) is 5.50. The number of amides is 2. The number of carboxylic acid groups (broad SMARTS) is 1. The van der Waals surface area contributed by atoms with Gasteiger partial charge in [0.15, 0.2) is 0 Å². The number of hydrogen-bond acceptors (Lipinski definition) is 4. The number of nitrogens with one attached hydrogen (secondary N) is 2. The maximum absolute atomic E-state index is 11.9. The fraction of sp³-hybridized carbons (Fsp3) is 0.438. The molecule has 0 aliphatic heterocycles. The summed E-state index contributed by atoms with van der Waals surface area (Å²) in [7, 11) is 1.52. The van der Waals surface area contributed by atoms with Crippen LogP contribution in [0.3, 0.4) is 0 Å². The molecule has 0 aliphatic rings. The summed E-state index contributed by atoms with van der Waals surface area (Å²) in [6.45, 7) is 3.45. The summed E-state index contributed by atoms with van der Waals surface area (Å²) in [5, 5.41) is 13.9. The number of hydrogen-bond donors (Lipinski definition) is 3. The summed E-state index contributed by atoms with van der Waals surface area (Å²) in [6.07, 6.45) is 0.327. The lowest BCUT2D eigenvalue weighted by atomic mass is 10.0. The van der Waals surface area contributed by atoms with E-state index in [0.29, 0.717) is 17.7 Å². The Labute approximate surface area is 135 Å². The molecule has 0 radical (unpaired) electrons. The number of ether oxygens (including phenoxy) is 1. The van der Waals surface area contributed by atoms with Crippen LogP contribution < -0.4 is 15.4 Å². The first-order valence-electron chi connectivity index (χ1n) is 7.28. The van der Waals surface area contributed by atoms with E-state index in [1.807, 2.05) is 13.8 Å². The SMILES string of the molecule is COc1ccc(C(=O)NCC(=O)N[C@@H](CC(C)C)C(=O)O)cc1. The van der Waals surface area contributed by atoms with Crippen LogP contribution in [0.1, 0.15) is 30.6 Å². The molecule has 0 aromatic heterocycles. The molecule has 0 bridgehead atoms. The van der Waals surface area contributed by atoms with Gasteiger partial charge >= 0.3 is 5.97 Å². The molecule has 0 spiro atoms. The summed E-state index contributed by atoms with van der Waals surface area (Å²) < 4.78 is 4.99. The minimum absolute atomic E-state index is 0.130. The highest BCUT2D eigenvalue weighted by Crippen LogP contribution is 2.11. The van der Waals surface area contributed by atoms with Crippen molar-refractivity contribution < 1.29 is 24.2 Å². The summed E-state index contributed by atoms with van der Waals surface area (Å²) in [5.41, 5.74) is 0.385. The van der Waals surface area contributed by atoms with Gasteiger partial charge in [0.05, 0.1) is 13.7 Å². The van der Waals surface area contributed by atoms with Gasteiger partial charge in [0.1, 0.15) is 11.8 Å². The average Bonchev–Trinajstić information content (AvgIpc) is 2.51. The summed E-state index contributed by atoms with van der Waals surface area (Å²) in [4.78, 5) is 34.7. The molecule has 0 unspecified atom stereocenters. The van der Waals surface area contributed by atoms with Crippen molar-refractivity contribution in [1.29, 1.82) is 0 Å². The largest absolute Gasteiger partial charge is 0.497 e. The van der Waals surface area contributed by atoms with Gasteiger partial charge in [-0.3, -0.25) is 9.59 Å². The van der Waals surface area contributed by atoms with E-state index in [9.17, 15) is 14.4 Å². The molecule has 0 fully saturated rings. The zero-order valence-electron chi connectivity index (χ0n) is 13.5. The quantitative estimate of drug-likeness (QED) is 0.663. The first-order chi connectivity index (χ1) is 10.8. The maximum atomic E-state index is 11.9. The second-order valence-electron chi connectivity index (χ2n) is 5.50. The smallest absolute Gasteiger partial charge is 0.326 e. The zero-order chi connectivity index (χ0) is 17.4. The summed E-state index contributed by atoms with van der Waals surface area (Å²) in [5.74, 6) is -1.30. The zero-order valence-corrected chi connectivity index (χ0v) is 13.5. The maximum Gasteiger partial charge on any atom is 0.326 e. The Balaban J connectivity index is 2.50. The molecule has 126 valence electrons. The molecule has 0 saturated carbocycles. The van der Waals surface area contributed by atoms with Crippen LogP contribution >= 0.6 is 0 Å². The highest BCUT2D eigenvalue weighted by atomic mass is 16.5.